The summed E-state index contributed by atoms with van der Waals surface area (Å²) in [6, 6.07) is 10.9. The Labute approximate surface area is 240 Å². The Bertz CT molecular complexity index is 1600. The zero-order valence-electron chi connectivity index (χ0n) is 22.8. The molecule has 1 saturated carbocycles. The van der Waals surface area contributed by atoms with Crippen LogP contribution in [0, 0.1) is 18.7 Å². The number of nitrogens with zero attached hydrogens (tertiary/aromatic N) is 2. The number of likely N-dealkylation sites (N-methyl/N-ethyl adjacent to an activating group) is 1. The molecule has 0 bridgehead atoms. The predicted octanol–water partition coefficient (Wildman–Crippen LogP) is 3.94. The van der Waals surface area contributed by atoms with E-state index in [0.29, 0.717) is 26.0 Å². The van der Waals surface area contributed by atoms with E-state index in [0.717, 1.165) is 5.56 Å². The van der Waals surface area contributed by atoms with Crippen molar-refractivity contribution in [1.29, 1.82) is 0 Å². The number of halogens is 2. The van der Waals surface area contributed by atoms with E-state index >= 15 is 0 Å². The van der Waals surface area contributed by atoms with Crippen LogP contribution in [0.3, 0.4) is 0 Å². The third kappa shape index (κ3) is 5.25. The normalized spacial score (nSPS) is 19.5. The van der Waals surface area contributed by atoms with E-state index in [-0.39, 0.29) is 39.9 Å². The molecule has 11 heteroatoms. The fourth-order valence-corrected chi connectivity index (χ4v) is 5.88. The van der Waals surface area contributed by atoms with Crippen molar-refractivity contribution in [2.75, 3.05) is 27.3 Å². The highest BCUT2D eigenvalue weighted by atomic mass is 35.5. The molecule has 1 spiro atoms. The van der Waals surface area contributed by atoms with Gasteiger partial charge in [0.1, 0.15) is 11.4 Å². The monoisotopic (exact) mass is 581 g/mol. The summed E-state index contributed by atoms with van der Waals surface area (Å²) < 4.78 is 27.0. The van der Waals surface area contributed by atoms with Crippen molar-refractivity contribution in [2.45, 2.75) is 31.8 Å². The quantitative estimate of drug-likeness (QED) is 0.424. The first-order valence-electron chi connectivity index (χ1n) is 13.1. The molecule has 1 fully saturated rings. The zero-order valence-corrected chi connectivity index (χ0v) is 23.6. The van der Waals surface area contributed by atoms with E-state index in [2.05, 4.69) is 5.32 Å². The first-order chi connectivity index (χ1) is 19.5. The Kier molecular flexibility index (Phi) is 7.72. The molecule has 0 unspecified atom stereocenters. The Morgan fingerprint density at radius 3 is 2.54 bits per heavy atom. The molecule has 214 valence electrons. The van der Waals surface area contributed by atoms with Crippen LogP contribution in [0.4, 0.5) is 4.39 Å². The highest BCUT2D eigenvalue weighted by Gasteiger charge is 2.52. The third-order valence-corrected chi connectivity index (χ3v) is 7.99. The number of hydrogen-bond donors (Lipinski definition) is 1. The number of methoxy groups -OCH3 is 1. The molecular weight excluding hydrogens is 553 g/mol. The zero-order chi connectivity index (χ0) is 29.5. The fourth-order valence-electron chi connectivity index (χ4n) is 5.68. The van der Waals surface area contributed by atoms with Gasteiger partial charge in [0.2, 0.25) is 11.2 Å². The molecule has 1 aliphatic carbocycles. The highest BCUT2D eigenvalue weighted by Crippen LogP contribution is 2.48. The molecule has 1 aliphatic heterocycles. The second kappa shape index (κ2) is 11.1. The largest absolute Gasteiger partial charge is 0.416 e. The summed E-state index contributed by atoms with van der Waals surface area (Å²) in [5, 5.41) is 2.45. The van der Waals surface area contributed by atoms with Gasteiger partial charge in [-0.1, -0.05) is 41.4 Å². The first-order valence-corrected chi connectivity index (χ1v) is 13.5. The van der Waals surface area contributed by atoms with Crippen LogP contribution in [0.1, 0.15) is 55.2 Å². The molecule has 2 heterocycles. The molecular formula is C30H29ClFN3O6. The number of amides is 2. The standard InChI is InChI=1S/C30H29ClFN3O6/c1-17-7-9-19(10-8-17)29(39)41-26-24-28(38)34(2)16-30(11-18(12-30)15-40-3)35(24)14-21(25(26)36)27(37)33-13-20-5-4-6-22(31)23(20)32/h4-10,14,18H,11-13,15-16H2,1-3H3,(H,33,37)/t18-,30-. The van der Waals surface area contributed by atoms with Crippen LogP contribution in [0.25, 0.3) is 0 Å². The topological polar surface area (TPSA) is 107 Å². The summed E-state index contributed by atoms with van der Waals surface area (Å²) in [5.74, 6) is -3.17. The maximum absolute atomic E-state index is 14.4. The molecule has 1 N–H and O–H groups in total. The lowest BCUT2D eigenvalue weighted by Gasteiger charge is -2.54. The van der Waals surface area contributed by atoms with Gasteiger partial charge in [-0.3, -0.25) is 14.4 Å². The number of pyridine rings is 1. The Morgan fingerprint density at radius 1 is 1.15 bits per heavy atom. The third-order valence-electron chi connectivity index (χ3n) is 7.69. The Balaban J connectivity index is 1.58. The van der Waals surface area contributed by atoms with Gasteiger partial charge < -0.3 is 24.3 Å². The van der Waals surface area contributed by atoms with Gasteiger partial charge in [0, 0.05) is 45.6 Å². The molecule has 1 aromatic heterocycles. The average molecular weight is 582 g/mol. The lowest BCUT2D eigenvalue weighted by molar-refractivity contribution is -0.0190. The minimum Gasteiger partial charge on any atom is -0.416 e. The molecule has 2 amide bonds. The Morgan fingerprint density at radius 2 is 1.85 bits per heavy atom. The number of nitrogens with one attached hydrogen (secondary N) is 1. The minimum absolute atomic E-state index is 0.0995. The molecule has 41 heavy (non-hydrogen) atoms. The van der Waals surface area contributed by atoms with E-state index < -0.39 is 40.3 Å². The molecule has 2 aromatic carbocycles. The number of hydrogen-bond acceptors (Lipinski definition) is 6. The van der Waals surface area contributed by atoms with Gasteiger partial charge in [0.25, 0.3) is 11.8 Å². The van der Waals surface area contributed by atoms with Gasteiger partial charge in [-0.2, -0.15) is 0 Å². The van der Waals surface area contributed by atoms with Crippen LogP contribution in [0.15, 0.2) is 53.5 Å². The van der Waals surface area contributed by atoms with Crippen molar-refractivity contribution in [2.24, 2.45) is 5.92 Å². The number of esters is 1. The number of aryl methyl sites for hydroxylation is 1. The smallest absolute Gasteiger partial charge is 0.343 e. The summed E-state index contributed by atoms with van der Waals surface area (Å²) >= 11 is 5.86. The van der Waals surface area contributed by atoms with Gasteiger partial charge in [-0.15, -0.1) is 0 Å². The predicted molar refractivity (Wildman–Crippen MR) is 149 cm³/mol. The number of carbonyl (C=O) groups excluding carboxylic acids is 3. The fraction of sp³-hybridized carbons (Fsp3) is 0.333. The van der Waals surface area contributed by atoms with E-state index in [4.69, 9.17) is 21.1 Å². The minimum atomic E-state index is -0.924. The van der Waals surface area contributed by atoms with Crippen molar-refractivity contribution in [3.8, 4) is 5.75 Å². The number of rotatable bonds is 7. The lowest BCUT2D eigenvalue weighted by Crippen LogP contribution is -2.60. The van der Waals surface area contributed by atoms with Crippen LogP contribution in [-0.2, 0) is 16.8 Å². The number of fused-ring (bicyclic) bond motifs is 2. The summed E-state index contributed by atoms with van der Waals surface area (Å²) in [5.41, 5.74) is -0.767. The molecule has 3 aromatic rings. The van der Waals surface area contributed by atoms with Crippen LogP contribution >= 0.6 is 11.6 Å². The molecule has 0 atom stereocenters. The number of carbonyl (C=O) groups is 3. The van der Waals surface area contributed by atoms with Crippen molar-refractivity contribution >= 4 is 29.4 Å². The van der Waals surface area contributed by atoms with Crippen molar-refractivity contribution < 1.29 is 28.2 Å². The van der Waals surface area contributed by atoms with Gasteiger partial charge in [0.15, 0.2) is 5.69 Å². The van der Waals surface area contributed by atoms with Gasteiger partial charge in [-0.05, 0) is 43.9 Å². The summed E-state index contributed by atoms with van der Waals surface area (Å²) in [4.78, 5) is 55.2. The molecule has 5 rings (SSSR count). The Hall–Kier alpha value is -4.02. The average Bonchev–Trinajstić information content (AvgIpc) is 2.92. The number of benzene rings is 2. The van der Waals surface area contributed by atoms with E-state index in [1.807, 2.05) is 6.92 Å². The highest BCUT2D eigenvalue weighted by molar-refractivity contribution is 6.30. The van der Waals surface area contributed by atoms with Gasteiger partial charge in [-0.25, -0.2) is 9.18 Å². The number of ether oxygens (including phenoxy) is 2. The second-order valence-electron chi connectivity index (χ2n) is 10.7. The molecule has 0 radical (unpaired) electrons. The SMILES string of the molecule is COC[C@H]1C[C@@]2(CN(C)C(=O)c3c(OC(=O)c4ccc(C)cc4)c(=O)c(C(=O)NCc4cccc(Cl)c4F)cn32)C1. The van der Waals surface area contributed by atoms with E-state index in [1.165, 1.54) is 23.2 Å². The van der Waals surface area contributed by atoms with Crippen LogP contribution in [0.2, 0.25) is 5.02 Å². The summed E-state index contributed by atoms with van der Waals surface area (Å²) in [6.45, 7) is 2.47. The summed E-state index contributed by atoms with van der Waals surface area (Å²) in [7, 11) is 3.23. The molecule has 0 saturated heterocycles. The maximum Gasteiger partial charge on any atom is 0.343 e. The van der Waals surface area contributed by atoms with Crippen molar-refractivity contribution in [3.05, 3.63) is 97.7 Å². The van der Waals surface area contributed by atoms with Crippen molar-refractivity contribution in [3.63, 3.8) is 0 Å². The van der Waals surface area contributed by atoms with Gasteiger partial charge >= 0.3 is 5.97 Å². The van der Waals surface area contributed by atoms with E-state index in [9.17, 15) is 23.6 Å². The lowest BCUT2D eigenvalue weighted by atomic mass is 9.67. The van der Waals surface area contributed by atoms with Crippen LogP contribution in [0.5, 0.6) is 5.75 Å². The van der Waals surface area contributed by atoms with Crippen molar-refractivity contribution in [1.82, 2.24) is 14.8 Å². The summed E-state index contributed by atoms with van der Waals surface area (Å²) in [6.07, 6.45) is 2.58. The van der Waals surface area contributed by atoms with E-state index in [1.54, 1.807) is 49.1 Å². The van der Waals surface area contributed by atoms with Gasteiger partial charge in [0.05, 0.1) is 16.1 Å². The van der Waals surface area contributed by atoms with Crippen LogP contribution in [-0.4, -0.2) is 54.6 Å². The first kappa shape index (κ1) is 28.5. The molecule has 9 nitrogen and oxygen atoms in total. The number of aromatic nitrogens is 1. The maximum atomic E-state index is 14.4. The second-order valence-corrected chi connectivity index (χ2v) is 11.1. The van der Waals surface area contributed by atoms with Crippen LogP contribution < -0.4 is 15.5 Å². The molecule has 2 aliphatic rings.